The summed E-state index contributed by atoms with van der Waals surface area (Å²) in [7, 11) is 0. The van der Waals surface area contributed by atoms with Crippen LogP contribution >= 0.6 is 11.6 Å². The van der Waals surface area contributed by atoms with Crippen LogP contribution in [0.25, 0.3) is 0 Å². The lowest BCUT2D eigenvalue weighted by molar-refractivity contribution is -0.136. The molecule has 0 saturated carbocycles. The number of hydrogen-bond acceptors (Lipinski definition) is 4. The largest absolute Gasteiger partial charge is 0.322 e. The number of nitrogens with zero attached hydrogens (tertiary/aromatic N) is 2. The summed E-state index contributed by atoms with van der Waals surface area (Å²) < 4.78 is 14.5. The number of imide groups is 1. The molecule has 0 aliphatic carbocycles. The van der Waals surface area contributed by atoms with Crippen molar-refractivity contribution in [1.82, 2.24) is 10.2 Å². The summed E-state index contributed by atoms with van der Waals surface area (Å²) in [6, 6.07) is 6.84. The molecule has 2 aromatic rings. The Kier molecular flexibility index (Phi) is 4.55. The van der Waals surface area contributed by atoms with Gasteiger partial charge < -0.3 is 9.80 Å². The Labute approximate surface area is 181 Å². The number of rotatable bonds is 2. The molecular formula is C22H17ClFN3O4. The van der Waals surface area contributed by atoms with E-state index in [-0.39, 0.29) is 47.8 Å². The van der Waals surface area contributed by atoms with Crippen LogP contribution in [0.15, 0.2) is 30.3 Å². The van der Waals surface area contributed by atoms with Crippen molar-refractivity contribution in [2.75, 3.05) is 11.4 Å². The number of benzene rings is 2. The van der Waals surface area contributed by atoms with Crippen molar-refractivity contribution in [3.63, 3.8) is 0 Å². The number of hydrogen-bond donors (Lipinski definition) is 1. The van der Waals surface area contributed by atoms with Gasteiger partial charge in [0.25, 0.3) is 11.8 Å². The Morgan fingerprint density at radius 3 is 2.68 bits per heavy atom. The molecule has 1 fully saturated rings. The molecule has 9 heteroatoms. The Balaban J connectivity index is 1.41. The lowest BCUT2D eigenvalue weighted by Crippen LogP contribution is -2.52. The van der Waals surface area contributed by atoms with Crippen LogP contribution in [0.2, 0.25) is 5.02 Å². The minimum Gasteiger partial charge on any atom is -0.322 e. The molecule has 0 bridgehead atoms. The quantitative estimate of drug-likeness (QED) is 0.725. The summed E-state index contributed by atoms with van der Waals surface area (Å²) in [5.41, 5.74) is 2.28. The number of nitrogens with one attached hydrogen (secondary N) is 1. The number of carbonyl (C=O) groups is 4. The van der Waals surface area contributed by atoms with Crippen molar-refractivity contribution in [3.8, 4) is 0 Å². The van der Waals surface area contributed by atoms with Crippen LogP contribution in [0.3, 0.4) is 0 Å². The molecule has 1 N–H and O–H groups in total. The lowest BCUT2D eigenvalue weighted by atomic mass is 10.0. The second kappa shape index (κ2) is 7.16. The molecule has 3 aliphatic heterocycles. The van der Waals surface area contributed by atoms with E-state index in [1.54, 1.807) is 24.3 Å². The average Bonchev–Trinajstić information content (AvgIpc) is 3.29. The summed E-state index contributed by atoms with van der Waals surface area (Å²) >= 11 is 5.92. The van der Waals surface area contributed by atoms with E-state index < -0.39 is 17.8 Å². The minimum atomic E-state index is -0.721. The first-order valence-corrected chi connectivity index (χ1v) is 10.3. The molecule has 1 saturated heterocycles. The third-order valence-electron chi connectivity index (χ3n) is 6.00. The van der Waals surface area contributed by atoms with Crippen LogP contribution in [-0.2, 0) is 22.6 Å². The SMILES string of the molecule is O=C1CCC(N2Cc3cc(C(=O)N4CCc5cc(Cl)cc(F)c54)ccc3C2=O)C(=O)N1. The standard InChI is InChI=1S/C22H17ClFN3O4/c23-14-8-11-5-6-26(19(11)16(24)9-14)21(30)12-1-2-15-13(7-12)10-27(22(15)31)17-3-4-18(28)25-20(17)29/h1-2,7-9,17H,3-6,10H2,(H,25,28,29). The van der Waals surface area contributed by atoms with Gasteiger partial charge in [0.15, 0.2) is 0 Å². The zero-order valence-electron chi connectivity index (χ0n) is 16.3. The number of piperidine rings is 1. The number of amides is 4. The molecule has 0 radical (unpaired) electrons. The third kappa shape index (κ3) is 3.18. The summed E-state index contributed by atoms with van der Waals surface area (Å²) in [5.74, 6) is -2.06. The van der Waals surface area contributed by atoms with Crippen molar-refractivity contribution in [1.29, 1.82) is 0 Å². The zero-order chi connectivity index (χ0) is 21.9. The monoisotopic (exact) mass is 441 g/mol. The number of fused-ring (bicyclic) bond motifs is 2. The molecule has 7 nitrogen and oxygen atoms in total. The second-order valence-electron chi connectivity index (χ2n) is 7.87. The maximum atomic E-state index is 14.5. The highest BCUT2D eigenvalue weighted by Crippen LogP contribution is 2.35. The highest BCUT2D eigenvalue weighted by Gasteiger charge is 2.39. The van der Waals surface area contributed by atoms with Crippen molar-refractivity contribution < 1.29 is 23.6 Å². The van der Waals surface area contributed by atoms with E-state index in [4.69, 9.17) is 11.6 Å². The Morgan fingerprint density at radius 1 is 1.10 bits per heavy atom. The first kappa shape index (κ1) is 19.7. The van der Waals surface area contributed by atoms with Crippen LogP contribution in [0.4, 0.5) is 10.1 Å². The topological polar surface area (TPSA) is 86.8 Å². The van der Waals surface area contributed by atoms with Crippen LogP contribution < -0.4 is 10.2 Å². The number of halogens is 2. The summed E-state index contributed by atoms with van der Waals surface area (Å²) in [6.45, 7) is 0.506. The average molecular weight is 442 g/mol. The second-order valence-corrected chi connectivity index (χ2v) is 8.31. The summed E-state index contributed by atoms with van der Waals surface area (Å²) in [4.78, 5) is 52.3. The molecule has 3 aliphatic rings. The van der Waals surface area contributed by atoms with Gasteiger partial charge >= 0.3 is 0 Å². The zero-order valence-corrected chi connectivity index (χ0v) is 17.0. The smallest absolute Gasteiger partial charge is 0.258 e. The molecule has 0 aromatic heterocycles. The van der Waals surface area contributed by atoms with E-state index in [1.165, 1.54) is 15.9 Å². The molecule has 3 heterocycles. The molecular weight excluding hydrogens is 425 g/mol. The minimum absolute atomic E-state index is 0.169. The molecule has 31 heavy (non-hydrogen) atoms. The molecule has 1 unspecified atom stereocenters. The number of carbonyl (C=O) groups excluding carboxylic acids is 4. The highest BCUT2D eigenvalue weighted by molar-refractivity contribution is 6.30. The van der Waals surface area contributed by atoms with E-state index in [9.17, 15) is 23.6 Å². The fourth-order valence-corrected chi connectivity index (χ4v) is 4.75. The third-order valence-corrected chi connectivity index (χ3v) is 6.22. The first-order valence-electron chi connectivity index (χ1n) is 9.91. The van der Waals surface area contributed by atoms with Gasteiger partial charge in [-0.3, -0.25) is 24.5 Å². The van der Waals surface area contributed by atoms with E-state index in [0.717, 1.165) is 0 Å². The van der Waals surface area contributed by atoms with Crippen molar-refractivity contribution >= 4 is 40.9 Å². The maximum Gasteiger partial charge on any atom is 0.258 e. The molecule has 0 spiro atoms. The van der Waals surface area contributed by atoms with Gasteiger partial charge in [-0.25, -0.2) is 4.39 Å². The first-order chi connectivity index (χ1) is 14.8. The van der Waals surface area contributed by atoms with Crippen molar-refractivity contribution in [3.05, 3.63) is 63.4 Å². The molecule has 2 aromatic carbocycles. The van der Waals surface area contributed by atoms with Crippen molar-refractivity contribution in [2.24, 2.45) is 0 Å². The Hall–Kier alpha value is -3.26. The van der Waals surface area contributed by atoms with Crippen LogP contribution in [0.1, 0.15) is 44.7 Å². The molecule has 158 valence electrons. The van der Waals surface area contributed by atoms with Gasteiger partial charge in [0.1, 0.15) is 11.9 Å². The predicted octanol–water partition coefficient (Wildman–Crippen LogP) is 2.44. The highest BCUT2D eigenvalue weighted by atomic mass is 35.5. The van der Waals surface area contributed by atoms with Crippen LogP contribution in [-0.4, -0.2) is 41.1 Å². The fourth-order valence-electron chi connectivity index (χ4n) is 4.52. The van der Waals surface area contributed by atoms with Gasteiger partial charge in [-0.05, 0) is 54.3 Å². The van der Waals surface area contributed by atoms with Crippen LogP contribution in [0.5, 0.6) is 0 Å². The lowest BCUT2D eigenvalue weighted by Gasteiger charge is -2.29. The van der Waals surface area contributed by atoms with E-state index >= 15 is 0 Å². The fraction of sp³-hybridized carbons (Fsp3) is 0.273. The maximum absolute atomic E-state index is 14.5. The van der Waals surface area contributed by atoms with Gasteiger partial charge in [-0.2, -0.15) is 0 Å². The van der Waals surface area contributed by atoms with E-state index in [1.807, 2.05) is 0 Å². The Bertz CT molecular complexity index is 1180. The van der Waals surface area contributed by atoms with Gasteiger partial charge in [-0.15, -0.1) is 0 Å². The molecule has 4 amide bonds. The normalized spacial score (nSPS) is 20.1. The van der Waals surface area contributed by atoms with Gasteiger partial charge in [0.05, 0.1) is 5.69 Å². The number of anilines is 1. The van der Waals surface area contributed by atoms with Gasteiger partial charge in [-0.1, -0.05) is 11.6 Å². The van der Waals surface area contributed by atoms with Gasteiger partial charge in [0, 0.05) is 35.7 Å². The predicted molar refractivity (Wildman–Crippen MR) is 109 cm³/mol. The summed E-state index contributed by atoms with van der Waals surface area (Å²) in [6.07, 6.45) is 0.943. The molecule has 1 atom stereocenters. The van der Waals surface area contributed by atoms with Gasteiger partial charge in [0.2, 0.25) is 11.8 Å². The Morgan fingerprint density at radius 2 is 1.90 bits per heavy atom. The molecule has 5 rings (SSSR count). The van der Waals surface area contributed by atoms with E-state index in [2.05, 4.69) is 5.32 Å². The van der Waals surface area contributed by atoms with Crippen LogP contribution in [0, 0.1) is 5.82 Å². The van der Waals surface area contributed by atoms with E-state index in [0.29, 0.717) is 35.2 Å². The summed E-state index contributed by atoms with van der Waals surface area (Å²) in [5, 5.41) is 2.55. The van der Waals surface area contributed by atoms with Crippen molar-refractivity contribution in [2.45, 2.75) is 31.8 Å².